The molecule has 0 aromatic carbocycles. The Morgan fingerprint density at radius 2 is 2.20 bits per heavy atom. The minimum absolute atomic E-state index is 0.143. The van der Waals surface area contributed by atoms with E-state index in [2.05, 4.69) is 25.9 Å². The Labute approximate surface area is 153 Å². The number of hydrogen-bond acceptors (Lipinski definition) is 6. The van der Waals surface area contributed by atoms with Crippen LogP contribution in [0.15, 0.2) is 35.3 Å². The fourth-order valence-electron chi connectivity index (χ4n) is 3.01. The number of anilines is 1. The Morgan fingerprint density at radius 1 is 1.32 bits per heavy atom. The molecule has 4 heterocycles. The number of aromatic nitrogens is 3. The summed E-state index contributed by atoms with van der Waals surface area (Å²) in [5.41, 5.74) is 9.00. The van der Waals surface area contributed by atoms with Gasteiger partial charge in [-0.2, -0.15) is 0 Å². The van der Waals surface area contributed by atoms with Crippen molar-refractivity contribution >= 4 is 28.9 Å². The van der Waals surface area contributed by atoms with Gasteiger partial charge in [0.1, 0.15) is 0 Å². The van der Waals surface area contributed by atoms with Crippen LogP contribution in [-0.2, 0) is 19.5 Å². The van der Waals surface area contributed by atoms with Gasteiger partial charge >= 0.3 is 0 Å². The van der Waals surface area contributed by atoms with Crippen molar-refractivity contribution in [2.24, 2.45) is 0 Å². The van der Waals surface area contributed by atoms with Crippen LogP contribution in [-0.4, -0.2) is 26.4 Å². The number of pyridine rings is 1. The van der Waals surface area contributed by atoms with Crippen LogP contribution in [0.3, 0.4) is 0 Å². The van der Waals surface area contributed by atoms with Crippen LogP contribution in [0.2, 0.25) is 4.34 Å². The number of nitrogens with zero attached hydrogens (tertiary/aromatic N) is 3. The van der Waals surface area contributed by atoms with Crippen LogP contribution in [0, 0.1) is 0 Å². The van der Waals surface area contributed by atoms with E-state index in [9.17, 15) is 4.79 Å². The molecule has 1 aliphatic rings. The summed E-state index contributed by atoms with van der Waals surface area (Å²) < 4.78 is 0.757. The molecule has 0 amide bonds. The van der Waals surface area contributed by atoms with Gasteiger partial charge in [-0.1, -0.05) is 17.7 Å². The van der Waals surface area contributed by atoms with Crippen LogP contribution in [0.25, 0.3) is 10.6 Å². The molecule has 3 aromatic heterocycles. The van der Waals surface area contributed by atoms with Gasteiger partial charge in [0.15, 0.2) is 0 Å². The maximum atomic E-state index is 12.1. The largest absolute Gasteiger partial charge is 0.369 e. The number of aromatic amines is 1. The molecule has 3 N–H and O–H groups in total. The number of halogens is 1. The van der Waals surface area contributed by atoms with Gasteiger partial charge in [0.05, 0.1) is 26.2 Å². The number of nitrogens with one attached hydrogen (secondary N) is 1. The molecule has 8 heteroatoms. The standard InChI is InChI=1S/C17H16ClN5OS/c18-15-4-3-14(25-15)13-2-1-10(7-20-13)8-23-6-5-12-11(9-23)16(24)22-17(19)21-12/h1-4,7H,5-6,8-9H2,(H3,19,21,22,24). The Morgan fingerprint density at radius 3 is 2.92 bits per heavy atom. The summed E-state index contributed by atoms with van der Waals surface area (Å²) in [4.78, 5) is 26.7. The second kappa shape index (κ2) is 6.59. The Kier molecular flexibility index (Phi) is 4.29. The highest BCUT2D eigenvalue weighted by Gasteiger charge is 2.21. The molecule has 0 radical (unpaired) electrons. The van der Waals surface area contributed by atoms with Crippen molar-refractivity contribution in [3.8, 4) is 10.6 Å². The monoisotopic (exact) mass is 373 g/mol. The van der Waals surface area contributed by atoms with Crippen molar-refractivity contribution in [2.45, 2.75) is 19.5 Å². The predicted octanol–water partition coefficient (Wildman–Crippen LogP) is 2.69. The minimum Gasteiger partial charge on any atom is -0.369 e. The normalized spacial score (nSPS) is 14.4. The summed E-state index contributed by atoms with van der Waals surface area (Å²) in [6.07, 6.45) is 2.60. The van der Waals surface area contributed by atoms with E-state index in [4.69, 9.17) is 17.3 Å². The predicted molar refractivity (Wildman–Crippen MR) is 99.6 cm³/mol. The van der Waals surface area contributed by atoms with Crippen molar-refractivity contribution in [1.82, 2.24) is 19.9 Å². The van der Waals surface area contributed by atoms with Crippen LogP contribution < -0.4 is 11.3 Å². The van der Waals surface area contributed by atoms with Gasteiger partial charge < -0.3 is 5.73 Å². The van der Waals surface area contributed by atoms with Crippen molar-refractivity contribution in [2.75, 3.05) is 12.3 Å². The molecule has 0 aliphatic carbocycles. The molecule has 128 valence electrons. The van der Waals surface area contributed by atoms with Gasteiger partial charge in [-0.3, -0.25) is 19.7 Å². The van der Waals surface area contributed by atoms with Crippen molar-refractivity contribution in [3.63, 3.8) is 0 Å². The molecule has 0 spiro atoms. The second-order valence-electron chi connectivity index (χ2n) is 5.99. The maximum absolute atomic E-state index is 12.1. The van der Waals surface area contributed by atoms with E-state index in [0.717, 1.165) is 45.7 Å². The van der Waals surface area contributed by atoms with Crippen LogP contribution in [0.5, 0.6) is 0 Å². The van der Waals surface area contributed by atoms with E-state index >= 15 is 0 Å². The SMILES string of the molecule is Nc1nc2c(c(=O)[nH]1)CN(Cc1ccc(-c3ccc(Cl)s3)nc1)CC2. The lowest BCUT2D eigenvalue weighted by atomic mass is 10.1. The molecule has 0 fully saturated rings. The van der Waals surface area contributed by atoms with E-state index in [-0.39, 0.29) is 11.5 Å². The maximum Gasteiger partial charge on any atom is 0.257 e. The first-order chi connectivity index (χ1) is 12.1. The number of nitrogens with two attached hydrogens (primary N) is 1. The topological polar surface area (TPSA) is 87.9 Å². The zero-order chi connectivity index (χ0) is 17.4. The first-order valence-electron chi connectivity index (χ1n) is 7.89. The summed E-state index contributed by atoms with van der Waals surface area (Å²) in [5.74, 6) is 0.186. The van der Waals surface area contributed by atoms with Crippen molar-refractivity contribution in [3.05, 3.63) is 62.0 Å². The van der Waals surface area contributed by atoms with E-state index in [1.807, 2.05) is 24.4 Å². The van der Waals surface area contributed by atoms with Gasteiger partial charge in [-0.05, 0) is 23.8 Å². The molecule has 0 saturated heterocycles. The molecule has 4 rings (SSSR count). The summed E-state index contributed by atoms with van der Waals surface area (Å²) in [7, 11) is 0. The smallest absolute Gasteiger partial charge is 0.257 e. The molecule has 3 aromatic rings. The fraction of sp³-hybridized carbons (Fsp3) is 0.235. The highest BCUT2D eigenvalue weighted by Crippen LogP contribution is 2.29. The van der Waals surface area contributed by atoms with E-state index in [1.54, 1.807) is 0 Å². The van der Waals surface area contributed by atoms with Gasteiger partial charge in [0.25, 0.3) is 5.56 Å². The molecule has 0 bridgehead atoms. The molecule has 25 heavy (non-hydrogen) atoms. The zero-order valence-electron chi connectivity index (χ0n) is 13.3. The minimum atomic E-state index is -0.143. The molecule has 0 saturated carbocycles. The second-order valence-corrected chi connectivity index (χ2v) is 7.71. The first kappa shape index (κ1) is 16.3. The number of rotatable bonds is 3. The Bertz CT molecular complexity index is 966. The fourth-order valence-corrected chi connectivity index (χ4v) is 4.03. The van der Waals surface area contributed by atoms with Crippen molar-refractivity contribution in [1.29, 1.82) is 0 Å². The van der Waals surface area contributed by atoms with Crippen LogP contribution in [0.4, 0.5) is 5.95 Å². The number of fused-ring (bicyclic) bond motifs is 1. The summed E-state index contributed by atoms with van der Waals surface area (Å²) in [5, 5.41) is 0. The highest BCUT2D eigenvalue weighted by atomic mass is 35.5. The molecular weight excluding hydrogens is 358 g/mol. The Hall–Kier alpha value is -2.22. The molecule has 0 atom stereocenters. The average molecular weight is 374 g/mol. The van der Waals surface area contributed by atoms with E-state index in [0.29, 0.717) is 12.1 Å². The molecule has 6 nitrogen and oxygen atoms in total. The van der Waals surface area contributed by atoms with Gasteiger partial charge in [-0.15, -0.1) is 11.3 Å². The summed E-state index contributed by atoms with van der Waals surface area (Å²) in [6.45, 7) is 2.15. The van der Waals surface area contributed by atoms with E-state index in [1.165, 1.54) is 11.3 Å². The molecule has 1 aliphatic heterocycles. The lowest BCUT2D eigenvalue weighted by Gasteiger charge is -2.27. The van der Waals surface area contributed by atoms with Gasteiger partial charge in [0.2, 0.25) is 5.95 Å². The highest BCUT2D eigenvalue weighted by molar-refractivity contribution is 7.19. The third-order valence-corrected chi connectivity index (χ3v) is 5.48. The van der Waals surface area contributed by atoms with Crippen LogP contribution >= 0.6 is 22.9 Å². The summed E-state index contributed by atoms with van der Waals surface area (Å²) in [6, 6.07) is 7.92. The van der Waals surface area contributed by atoms with Gasteiger partial charge in [0, 0.05) is 32.3 Å². The quantitative estimate of drug-likeness (QED) is 0.737. The number of hydrogen-bond donors (Lipinski definition) is 2. The zero-order valence-corrected chi connectivity index (χ0v) is 14.9. The molecule has 0 unspecified atom stereocenters. The number of nitrogen functional groups attached to an aromatic ring is 1. The van der Waals surface area contributed by atoms with Crippen LogP contribution in [0.1, 0.15) is 16.8 Å². The third kappa shape index (κ3) is 3.44. The third-order valence-electron chi connectivity index (χ3n) is 4.22. The molecular formula is C17H16ClN5OS. The Balaban J connectivity index is 1.48. The average Bonchev–Trinajstić information content (AvgIpc) is 3.02. The lowest BCUT2D eigenvalue weighted by Crippen LogP contribution is -2.35. The lowest BCUT2D eigenvalue weighted by molar-refractivity contribution is 0.241. The number of thiophene rings is 1. The number of H-pyrrole nitrogens is 1. The van der Waals surface area contributed by atoms with E-state index < -0.39 is 0 Å². The first-order valence-corrected chi connectivity index (χ1v) is 9.08. The van der Waals surface area contributed by atoms with Gasteiger partial charge in [-0.25, -0.2) is 4.98 Å². The van der Waals surface area contributed by atoms with Crippen molar-refractivity contribution < 1.29 is 0 Å². The summed E-state index contributed by atoms with van der Waals surface area (Å²) >= 11 is 7.49.